The van der Waals surface area contributed by atoms with Crippen LogP contribution in [0, 0.1) is 5.92 Å². The lowest BCUT2D eigenvalue weighted by atomic mass is 9.98. The van der Waals surface area contributed by atoms with Gasteiger partial charge in [0.25, 0.3) is 0 Å². The van der Waals surface area contributed by atoms with Crippen molar-refractivity contribution in [2.75, 3.05) is 33.2 Å². The van der Waals surface area contributed by atoms with Crippen molar-refractivity contribution in [1.29, 1.82) is 0 Å². The van der Waals surface area contributed by atoms with E-state index in [1.807, 2.05) is 12.3 Å². The van der Waals surface area contributed by atoms with E-state index in [0.717, 1.165) is 30.8 Å². The van der Waals surface area contributed by atoms with Crippen LogP contribution in [0.15, 0.2) is 18.3 Å². The molecule has 0 aliphatic carbocycles. The summed E-state index contributed by atoms with van der Waals surface area (Å²) in [4.78, 5) is 12.0. The maximum absolute atomic E-state index is 4.93. The van der Waals surface area contributed by atoms with Crippen molar-refractivity contribution < 1.29 is 0 Å². The Morgan fingerprint density at radius 3 is 3.14 bits per heavy atom. The van der Waals surface area contributed by atoms with Crippen LogP contribution in [0.3, 0.4) is 0 Å². The second-order valence-electron chi connectivity index (χ2n) is 6.89. The number of nitrogens with one attached hydrogen (secondary N) is 1. The average Bonchev–Trinajstić information content (AvgIpc) is 3.15. The smallest absolute Gasteiger partial charge is 0.160 e. The predicted octanol–water partition coefficient (Wildman–Crippen LogP) is 1.85. The molecule has 4 rings (SSSR count). The first-order chi connectivity index (χ1) is 10.8. The summed E-state index contributed by atoms with van der Waals surface area (Å²) in [6, 6.07) is 4.09. The van der Waals surface area contributed by atoms with Crippen molar-refractivity contribution in [3.63, 3.8) is 0 Å². The molecule has 2 atom stereocenters. The van der Waals surface area contributed by atoms with Gasteiger partial charge in [0.05, 0.1) is 0 Å². The minimum Gasteiger partial charge on any atom is -0.316 e. The van der Waals surface area contributed by atoms with Gasteiger partial charge in [-0.15, -0.1) is 0 Å². The Labute approximate surface area is 131 Å². The largest absolute Gasteiger partial charge is 0.316 e. The Bertz CT molecular complexity index is 644. The molecule has 22 heavy (non-hydrogen) atoms. The lowest BCUT2D eigenvalue weighted by molar-refractivity contribution is 0.194. The van der Waals surface area contributed by atoms with E-state index < -0.39 is 0 Å². The highest BCUT2D eigenvalue weighted by molar-refractivity contribution is 5.71. The van der Waals surface area contributed by atoms with Crippen LogP contribution in [0.1, 0.15) is 31.0 Å². The summed E-state index contributed by atoms with van der Waals surface area (Å²) in [7, 11) is 2.23. The van der Waals surface area contributed by atoms with Crippen molar-refractivity contribution in [3.05, 3.63) is 24.2 Å². The molecule has 1 N–H and O–H groups in total. The van der Waals surface area contributed by atoms with E-state index in [9.17, 15) is 0 Å². The van der Waals surface area contributed by atoms with Crippen LogP contribution in [-0.2, 0) is 6.54 Å². The lowest BCUT2D eigenvalue weighted by Gasteiger charge is -2.30. The molecule has 2 aromatic heterocycles. The van der Waals surface area contributed by atoms with Crippen LogP contribution in [0.5, 0.6) is 0 Å². The first-order valence-electron chi connectivity index (χ1n) is 8.51. The van der Waals surface area contributed by atoms with Gasteiger partial charge in [0.1, 0.15) is 11.3 Å². The van der Waals surface area contributed by atoms with E-state index in [2.05, 4.69) is 32.9 Å². The molecule has 2 aliphatic heterocycles. The fourth-order valence-corrected chi connectivity index (χ4v) is 4.02. The molecule has 0 aromatic carbocycles. The molecule has 5 heteroatoms. The minimum absolute atomic E-state index is 0.538. The monoisotopic (exact) mass is 299 g/mol. The number of nitrogens with zero attached hydrogens (tertiary/aromatic N) is 4. The Morgan fingerprint density at radius 2 is 2.32 bits per heavy atom. The molecular formula is C17H25N5. The SMILES string of the molecule is CN1CCCC(Cn2c(C3CCNC3)nc3cccnc32)C1. The quantitative estimate of drug-likeness (QED) is 0.939. The number of piperidine rings is 1. The van der Waals surface area contributed by atoms with Gasteiger partial charge in [0.15, 0.2) is 5.65 Å². The number of pyridine rings is 1. The van der Waals surface area contributed by atoms with Crippen LogP contribution in [0.2, 0.25) is 0 Å². The van der Waals surface area contributed by atoms with Crippen molar-refractivity contribution in [3.8, 4) is 0 Å². The summed E-state index contributed by atoms with van der Waals surface area (Å²) in [6.45, 7) is 5.64. The Kier molecular flexibility index (Phi) is 3.84. The standard InChI is InChI=1S/C17H25N5/c1-21-9-3-4-13(11-21)12-22-16(14-6-8-18-10-14)20-15-5-2-7-19-17(15)22/h2,5,7,13-14,18H,3-4,6,8-12H2,1H3. The Hall–Kier alpha value is -1.46. The number of rotatable bonds is 3. The van der Waals surface area contributed by atoms with Crippen molar-refractivity contribution in [1.82, 2.24) is 24.8 Å². The van der Waals surface area contributed by atoms with Crippen LogP contribution in [-0.4, -0.2) is 52.7 Å². The second-order valence-corrected chi connectivity index (χ2v) is 6.89. The zero-order valence-electron chi connectivity index (χ0n) is 13.3. The molecule has 0 radical (unpaired) electrons. The number of imidazole rings is 1. The first kappa shape index (κ1) is 14.2. The van der Waals surface area contributed by atoms with Crippen molar-refractivity contribution in [2.24, 2.45) is 5.92 Å². The Balaban J connectivity index is 1.68. The van der Waals surface area contributed by atoms with Gasteiger partial charge in [0.2, 0.25) is 0 Å². The van der Waals surface area contributed by atoms with Crippen LogP contribution < -0.4 is 5.32 Å². The molecule has 5 nitrogen and oxygen atoms in total. The highest BCUT2D eigenvalue weighted by Crippen LogP contribution is 2.27. The molecule has 0 bridgehead atoms. The molecule has 118 valence electrons. The normalized spacial score (nSPS) is 26.8. The highest BCUT2D eigenvalue weighted by atomic mass is 15.2. The molecule has 0 spiro atoms. The van der Waals surface area contributed by atoms with E-state index in [0.29, 0.717) is 11.8 Å². The third kappa shape index (κ3) is 2.63. The van der Waals surface area contributed by atoms with E-state index in [1.165, 1.54) is 38.2 Å². The average molecular weight is 299 g/mol. The molecule has 2 saturated heterocycles. The summed E-state index contributed by atoms with van der Waals surface area (Å²) in [5.41, 5.74) is 2.12. The number of hydrogen-bond acceptors (Lipinski definition) is 4. The van der Waals surface area contributed by atoms with Gasteiger partial charge in [-0.1, -0.05) is 0 Å². The van der Waals surface area contributed by atoms with Crippen molar-refractivity contribution >= 4 is 11.2 Å². The van der Waals surface area contributed by atoms with Gasteiger partial charge in [-0.2, -0.15) is 0 Å². The third-order valence-electron chi connectivity index (χ3n) is 5.12. The fraction of sp³-hybridized carbons (Fsp3) is 0.647. The number of aromatic nitrogens is 3. The van der Waals surface area contributed by atoms with E-state index in [4.69, 9.17) is 4.98 Å². The Morgan fingerprint density at radius 1 is 1.36 bits per heavy atom. The van der Waals surface area contributed by atoms with Crippen LogP contribution in [0.4, 0.5) is 0 Å². The van der Waals surface area contributed by atoms with E-state index in [-0.39, 0.29) is 0 Å². The number of fused-ring (bicyclic) bond motifs is 1. The van der Waals surface area contributed by atoms with Crippen LogP contribution in [0.25, 0.3) is 11.2 Å². The topological polar surface area (TPSA) is 46.0 Å². The van der Waals surface area contributed by atoms with Gasteiger partial charge >= 0.3 is 0 Å². The third-order valence-corrected chi connectivity index (χ3v) is 5.12. The van der Waals surface area contributed by atoms with Gasteiger partial charge < -0.3 is 14.8 Å². The van der Waals surface area contributed by atoms with Gasteiger partial charge in [-0.25, -0.2) is 9.97 Å². The molecule has 4 heterocycles. The molecule has 2 fully saturated rings. The van der Waals surface area contributed by atoms with Gasteiger partial charge in [-0.3, -0.25) is 0 Å². The first-order valence-corrected chi connectivity index (χ1v) is 8.51. The molecular weight excluding hydrogens is 274 g/mol. The van der Waals surface area contributed by atoms with E-state index >= 15 is 0 Å². The van der Waals surface area contributed by atoms with Crippen LogP contribution >= 0.6 is 0 Å². The minimum atomic E-state index is 0.538. The summed E-state index contributed by atoms with van der Waals surface area (Å²) in [5.74, 6) is 2.49. The summed E-state index contributed by atoms with van der Waals surface area (Å²) in [6.07, 6.45) is 5.71. The second kappa shape index (κ2) is 5.97. The molecule has 2 unspecified atom stereocenters. The maximum atomic E-state index is 4.93. The summed E-state index contributed by atoms with van der Waals surface area (Å²) < 4.78 is 2.41. The lowest BCUT2D eigenvalue weighted by Crippen LogP contribution is -2.34. The zero-order chi connectivity index (χ0) is 14.9. The number of likely N-dealkylation sites (tertiary alicyclic amines) is 1. The zero-order valence-corrected chi connectivity index (χ0v) is 13.3. The van der Waals surface area contributed by atoms with Gasteiger partial charge in [0, 0.05) is 31.7 Å². The summed E-state index contributed by atoms with van der Waals surface area (Å²) in [5, 5.41) is 3.47. The van der Waals surface area contributed by atoms with Gasteiger partial charge in [-0.05, 0) is 57.5 Å². The molecule has 2 aromatic rings. The van der Waals surface area contributed by atoms with Crippen molar-refractivity contribution in [2.45, 2.75) is 31.7 Å². The molecule has 2 aliphatic rings. The number of hydrogen-bond donors (Lipinski definition) is 1. The van der Waals surface area contributed by atoms with E-state index in [1.54, 1.807) is 0 Å². The predicted molar refractivity (Wildman–Crippen MR) is 88.0 cm³/mol. The maximum Gasteiger partial charge on any atom is 0.160 e. The highest BCUT2D eigenvalue weighted by Gasteiger charge is 2.26. The summed E-state index contributed by atoms with van der Waals surface area (Å²) >= 11 is 0. The molecule has 0 amide bonds. The molecule has 0 saturated carbocycles. The fourth-order valence-electron chi connectivity index (χ4n) is 4.02.